The molecule has 1 amide bonds. The summed E-state index contributed by atoms with van der Waals surface area (Å²) in [6, 6.07) is 10.5. The first-order valence-corrected chi connectivity index (χ1v) is 7.98. The molecule has 2 rings (SSSR count). The Morgan fingerprint density at radius 1 is 1.20 bits per heavy atom. The minimum absolute atomic E-state index is 0.102. The Morgan fingerprint density at radius 2 is 1.96 bits per heavy atom. The number of amides is 1. The number of carbonyl (C=O) groups is 2. The lowest BCUT2D eigenvalue weighted by molar-refractivity contribution is -0.124. The zero-order chi connectivity index (χ0) is 18.2. The number of nitrogens with one attached hydrogen (secondary N) is 1. The van der Waals surface area contributed by atoms with Crippen molar-refractivity contribution >= 4 is 23.5 Å². The number of benzene rings is 2. The number of esters is 1. The normalized spacial score (nSPS) is 10.2. The van der Waals surface area contributed by atoms with E-state index < -0.39 is 24.3 Å². The van der Waals surface area contributed by atoms with Gasteiger partial charge in [-0.2, -0.15) is 0 Å². The third kappa shape index (κ3) is 5.46. The van der Waals surface area contributed by atoms with E-state index in [1.54, 1.807) is 31.2 Å². The maximum atomic E-state index is 13.0. The second-order valence-electron chi connectivity index (χ2n) is 5.02. The Morgan fingerprint density at radius 3 is 2.68 bits per heavy atom. The maximum Gasteiger partial charge on any atom is 0.342 e. The predicted molar refractivity (Wildman–Crippen MR) is 91.2 cm³/mol. The molecule has 1 N–H and O–H groups in total. The summed E-state index contributed by atoms with van der Waals surface area (Å²) in [6.07, 6.45) is 0. The van der Waals surface area contributed by atoms with Crippen molar-refractivity contribution in [3.8, 4) is 5.75 Å². The second-order valence-corrected chi connectivity index (χ2v) is 5.42. The highest BCUT2D eigenvalue weighted by Gasteiger charge is 2.15. The Hall–Kier alpha value is -2.60. The van der Waals surface area contributed by atoms with Crippen LogP contribution in [0.4, 0.5) is 4.39 Å². The van der Waals surface area contributed by atoms with Gasteiger partial charge in [-0.25, -0.2) is 9.18 Å². The molecule has 0 saturated carbocycles. The van der Waals surface area contributed by atoms with E-state index in [4.69, 9.17) is 21.1 Å². The first kappa shape index (κ1) is 18.7. The summed E-state index contributed by atoms with van der Waals surface area (Å²) in [4.78, 5) is 23.9. The SMILES string of the molecule is CCOc1ccccc1C(=O)OCC(=O)NCc1ccc(F)cc1Cl. The predicted octanol–water partition coefficient (Wildman–Crippen LogP) is 3.35. The van der Waals surface area contributed by atoms with Crippen molar-refractivity contribution in [3.63, 3.8) is 0 Å². The van der Waals surface area contributed by atoms with Gasteiger partial charge in [-0.15, -0.1) is 0 Å². The molecule has 0 spiro atoms. The van der Waals surface area contributed by atoms with Crippen LogP contribution in [0.25, 0.3) is 0 Å². The number of carbonyl (C=O) groups excluding carboxylic acids is 2. The molecular weight excluding hydrogens is 349 g/mol. The highest BCUT2D eigenvalue weighted by Crippen LogP contribution is 2.19. The van der Waals surface area contributed by atoms with Crippen molar-refractivity contribution in [3.05, 3.63) is 64.4 Å². The molecule has 2 aromatic carbocycles. The van der Waals surface area contributed by atoms with Crippen LogP contribution in [0.5, 0.6) is 5.75 Å². The van der Waals surface area contributed by atoms with Crippen molar-refractivity contribution < 1.29 is 23.5 Å². The summed E-state index contributed by atoms with van der Waals surface area (Å²) in [5, 5.41) is 2.76. The van der Waals surface area contributed by atoms with Gasteiger partial charge in [0, 0.05) is 11.6 Å². The molecular formula is C18H17ClFNO4. The highest BCUT2D eigenvalue weighted by atomic mass is 35.5. The van der Waals surface area contributed by atoms with Crippen molar-refractivity contribution in [2.24, 2.45) is 0 Å². The van der Waals surface area contributed by atoms with E-state index in [1.165, 1.54) is 12.1 Å². The molecule has 0 aromatic heterocycles. The average Bonchev–Trinajstić information content (AvgIpc) is 2.59. The zero-order valence-corrected chi connectivity index (χ0v) is 14.3. The van der Waals surface area contributed by atoms with Gasteiger partial charge in [0.15, 0.2) is 6.61 Å². The molecule has 0 radical (unpaired) electrons. The van der Waals surface area contributed by atoms with Crippen LogP contribution < -0.4 is 10.1 Å². The molecule has 2 aromatic rings. The first-order chi connectivity index (χ1) is 12.0. The van der Waals surface area contributed by atoms with Gasteiger partial charge in [-0.3, -0.25) is 4.79 Å². The fraction of sp³-hybridized carbons (Fsp3) is 0.222. The Kier molecular flexibility index (Phi) is 6.77. The molecule has 0 atom stereocenters. The minimum Gasteiger partial charge on any atom is -0.493 e. The number of hydrogen-bond donors (Lipinski definition) is 1. The Bertz CT molecular complexity index is 766. The molecule has 0 heterocycles. The third-order valence-electron chi connectivity index (χ3n) is 3.23. The van der Waals surface area contributed by atoms with Gasteiger partial charge in [0.2, 0.25) is 0 Å². The van der Waals surface area contributed by atoms with Crippen LogP contribution in [0.3, 0.4) is 0 Å². The van der Waals surface area contributed by atoms with Crippen molar-refractivity contribution in [2.45, 2.75) is 13.5 Å². The molecule has 7 heteroatoms. The smallest absolute Gasteiger partial charge is 0.342 e. The van der Waals surface area contributed by atoms with Crippen molar-refractivity contribution in [2.75, 3.05) is 13.2 Å². The monoisotopic (exact) mass is 365 g/mol. The fourth-order valence-electron chi connectivity index (χ4n) is 2.04. The van der Waals surface area contributed by atoms with Crippen LogP contribution in [0.15, 0.2) is 42.5 Å². The van der Waals surface area contributed by atoms with E-state index in [-0.39, 0.29) is 17.1 Å². The quantitative estimate of drug-likeness (QED) is 0.764. The van der Waals surface area contributed by atoms with Crippen LogP contribution in [-0.2, 0) is 16.1 Å². The van der Waals surface area contributed by atoms with Crippen LogP contribution in [-0.4, -0.2) is 25.1 Å². The molecule has 132 valence electrons. The summed E-state index contributed by atoms with van der Waals surface area (Å²) in [5.41, 5.74) is 0.808. The summed E-state index contributed by atoms with van der Waals surface area (Å²) in [7, 11) is 0. The van der Waals surface area contributed by atoms with E-state index in [1.807, 2.05) is 0 Å². The summed E-state index contributed by atoms with van der Waals surface area (Å²) in [5.74, 6) is -1.21. The Balaban J connectivity index is 1.86. The highest BCUT2D eigenvalue weighted by molar-refractivity contribution is 6.31. The molecule has 25 heavy (non-hydrogen) atoms. The van der Waals surface area contributed by atoms with Crippen LogP contribution in [0.1, 0.15) is 22.8 Å². The van der Waals surface area contributed by atoms with Gasteiger partial charge >= 0.3 is 5.97 Å². The fourth-order valence-corrected chi connectivity index (χ4v) is 2.27. The second kappa shape index (κ2) is 9.03. The number of hydrogen-bond acceptors (Lipinski definition) is 4. The molecule has 0 aliphatic heterocycles. The minimum atomic E-state index is -0.654. The van der Waals surface area contributed by atoms with E-state index in [2.05, 4.69) is 5.32 Å². The van der Waals surface area contributed by atoms with Gasteiger partial charge < -0.3 is 14.8 Å². The van der Waals surface area contributed by atoms with Gasteiger partial charge in [0.05, 0.1) is 6.61 Å². The molecule has 0 unspecified atom stereocenters. The van der Waals surface area contributed by atoms with E-state index in [9.17, 15) is 14.0 Å². The largest absolute Gasteiger partial charge is 0.493 e. The molecule has 0 aliphatic carbocycles. The van der Waals surface area contributed by atoms with E-state index >= 15 is 0 Å². The summed E-state index contributed by atoms with van der Waals surface area (Å²) < 4.78 is 23.3. The number of rotatable bonds is 7. The number of para-hydroxylation sites is 1. The lowest BCUT2D eigenvalue weighted by Gasteiger charge is -2.10. The lowest BCUT2D eigenvalue weighted by Crippen LogP contribution is -2.28. The van der Waals surface area contributed by atoms with Gasteiger partial charge in [-0.05, 0) is 36.8 Å². The topological polar surface area (TPSA) is 64.6 Å². The molecule has 0 bridgehead atoms. The van der Waals surface area contributed by atoms with Gasteiger partial charge in [0.25, 0.3) is 5.91 Å². The zero-order valence-electron chi connectivity index (χ0n) is 13.6. The Labute approximate surface area is 149 Å². The third-order valence-corrected chi connectivity index (χ3v) is 3.58. The van der Waals surface area contributed by atoms with Crippen molar-refractivity contribution in [1.29, 1.82) is 0 Å². The van der Waals surface area contributed by atoms with Gasteiger partial charge in [-0.1, -0.05) is 29.8 Å². The van der Waals surface area contributed by atoms with Crippen LogP contribution >= 0.6 is 11.6 Å². The molecule has 5 nitrogen and oxygen atoms in total. The summed E-state index contributed by atoms with van der Waals surface area (Å²) >= 11 is 5.88. The molecule has 0 aliphatic rings. The first-order valence-electron chi connectivity index (χ1n) is 7.60. The van der Waals surface area contributed by atoms with Gasteiger partial charge in [0.1, 0.15) is 17.1 Å². The number of halogens is 2. The lowest BCUT2D eigenvalue weighted by atomic mass is 10.2. The van der Waals surface area contributed by atoms with Crippen molar-refractivity contribution in [1.82, 2.24) is 5.32 Å². The standard InChI is InChI=1S/C18H17ClFNO4/c1-2-24-16-6-4-3-5-14(16)18(23)25-11-17(22)21-10-12-7-8-13(20)9-15(12)19/h3-9H,2,10-11H2,1H3,(H,21,22). The van der Waals surface area contributed by atoms with E-state index in [0.29, 0.717) is 17.9 Å². The maximum absolute atomic E-state index is 13.0. The summed E-state index contributed by atoms with van der Waals surface area (Å²) in [6.45, 7) is 1.86. The van der Waals surface area contributed by atoms with Crippen LogP contribution in [0.2, 0.25) is 5.02 Å². The molecule has 0 saturated heterocycles. The van der Waals surface area contributed by atoms with Crippen LogP contribution in [0, 0.1) is 5.82 Å². The number of ether oxygens (including phenoxy) is 2. The molecule has 0 fully saturated rings. The van der Waals surface area contributed by atoms with E-state index in [0.717, 1.165) is 6.07 Å². The average molecular weight is 366 g/mol.